The Balaban J connectivity index is 2.17. The lowest BCUT2D eigenvalue weighted by Gasteiger charge is -2.43. The molecule has 0 bridgehead atoms. The van der Waals surface area contributed by atoms with Crippen LogP contribution in [0.25, 0.3) is 10.9 Å². The number of carbonyl (C=O) groups excluding carboxylic acids is 1. The summed E-state index contributed by atoms with van der Waals surface area (Å²) in [5.74, 6) is 0. The van der Waals surface area contributed by atoms with E-state index in [-0.39, 0.29) is 23.6 Å². The highest BCUT2D eigenvalue weighted by Crippen LogP contribution is 2.38. The smallest absolute Gasteiger partial charge is 0.410 e. The molecule has 6 heteroatoms. The van der Waals surface area contributed by atoms with Crippen LogP contribution >= 0.6 is 11.6 Å². The lowest BCUT2D eigenvalue weighted by molar-refractivity contribution is -0.00746. The van der Waals surface area contributed by atoms with E-state index >= 15 is 0 Å². The second kappa shape index (κ2) is 6.86. The summed E-state index contributed by atoms with van der Waals surface area (Å²) in [5.41, 5.74) is 1.79. The van der Waals surface area contributed by atoms with Gasteiger partial charge in [-0.15, -0.1) is 0 Å². The number of carbonyl (C=O) groups is 1. The van der Waals surface area contributed by atoms with Crippen LogP contribution in [-0.2, 0) is 4.74 Å². The van der Waals surface area contributed by atoms with Crippen LogP contribution in [0.4, 0.5) is 4.79 Å². The van der Waals surface area contributed by atoms with E-state index in [0.717, 1.165) is 17.6 Å². The van der Waals surface area contributed by atoms with Gasteiger partial charge in [0.1, 0.15) is 5.60 Å². The third-order valence-corrected chi connectivity index (χ3v) is 5.16. The van der Waals surface area contributed by atoms with E-state index < -0.39 is 5.60 Å². The molecule has 1 atom stereocenters. The molecule has 1 unspecified atom stereocenters. The van der Waals surface area contributed by atoms with E-state index in [1.807, 2.05) is 33.8 Å². The predicted octanol–water partition coefficient (Wildman–Crippen LogP) is 5.23. The monoisotopic (exact) mass is 390 g/mol. The van der Waals surface area contributed by atoms with Gasteiger partial charge in [-0.3, -0.25) is 9.69 Å². The lowest BCUT2D eigenvalue weighted by atomic mass is 9.94. The normalized spacial score (nSPS) is 17.3. The third-order valence-electron chi connectivity index (χ3n) is 4.93. The number of halogens is 1. The van der Waals surface area contributed by atoms with Crippen LogP contribution < -0.4 is 5.43 Å². The maximum atomic E-state index is 13.0. The molecule has 0 spiro atoms. The average Bonchev–Trinajstić information content (AvgIpc) is 2.48. The van der Waals surface area contributed by atoms with Gasteiger partial charge in [-0.2, -0.15) is 0 Å². The molecule has 1 aromatic heterocycles. The molecular weight excluding hydrogens is 364 g/mol. The first-order valence-corrected chi connectivity index (χ1v) is 9.73. The van der Waals surface area contributed by atoms with Gasteiger partial charge in [0.25, 0.3) is 0 Å². The molecule has 2 aromatic rings. The van der Waals surface area contributed by atoms with Gasteiger partial charge >= 0.3 is 6.09 Å². The fourth-order valence-corrected chi connectivity index (χ4v) is 3.87. The molecule has 1 amide bonds. The number of ether oxygens (including phenoxy) is 1. The fraction of sp³-hybridized carbons (Fsp3) is 0.524. The zero-order valence-corrected chi connectivity index (χ0v) is 17.6. The first-order chi connectivity index (χ1) is 12.5. The van der Waals surface area contributed by atoms with Crippen molar-refractivity contribution in [2.45, 2.75) is 65.6 Å². The molecule has 0 saturated carbocycles. The van der Waals surface area contributed by atoms with E-state index in [0.29, 0.717) is 22.5 Å². The fourth-order valence-electron chi connectivity index (χ4n) is 3.70. The zero-order valence-electron chi connectivity index (χ0n) is 16.8. The highest BCUT2D eigenvalue weighted by atomic mass is 35.5. The van der Waals surface area contributed by atoms with E-state index in [2.05, 4.69) is 18.4 Å². The van der Waals surface area contributed by atoms with Crippen molar-refractivity contribution in [3.63, 3.8) is 0 Å². The van der Waals surface area contributed by atoms with Crippen molar-refractivity contribution in [1.82, 2.24) is 9.47 Å². The molecule has 0 radical (unpaired) electrons. The van der Waals surface area contributed by atoms with Crippen LogP contribution in [-0.4, -0.2) is 27.7 Å². The molecule has 1 fully saturated rings. The van der Waals surface area contributed by atoms with Crippen molar-refractivity contribution >= 4 is 28.6 Å². The second-order valence-corrected chi connectivity index (χ2v) is 8.88. The Morgan fingerprint density at radius 3 is 2.48 bits per heavy atom. The molecule has 27 heavy (non-hydrogen) atoms. The van der Waals surface area contributed by atoms with Gasteiger partial charge in [0.05, 0.1) is 11.6 Å². The van der Waals surface area contributed by atoms with Crippen molar-refractivity contribution in [1.29, 1.82) is 0 Å². The van der Waals surface area contributed by atoms with Crippen molar-refractivity contribution in [2.75, 3.05) is 6.54 Å². The van der Waals surface area contributed by atoms with Gasteiger partial charge < -0.3 is 9.30 Å². The number of aromatic nitrogens is 1. The Labute approximate surface area is 164 Å². The summed E-state index contributed by atoms with van der Waals surface area (Å²) in [6.07, 6.45) is 0.463. The van der Waals surface area contributed by atoms with E-state index in [4.69, 9.17) is 16.3 Å². The number of fused-ring (bicyclic) bond motifs is 1. The topological polar surface area (TPSA) is 51.5 Å². The summed E-state index contributed by atoms with van der Waals surface area (Å²) in [6.45, 7) is 12.2. The lowest BCUT2D eigenvalue weighted by Crippen LogP contribution is -2.49. The molecule has 5 nitrogen and oxygen atoms in total. The highest BCUT2D eigenvalue weighted by molar-refractivity contribution is 6.31. The molecule has 3 rings (SSSR count). The highest BCUT2D eigenvalue weighted by Gasteiger charge is 2.39. The number of hydrogen-bond acceptors (Lipinski definition) is 3. The molecule has 146 valence electrons. The van der Waals surface area contributed by atoms with Gasteiger partial charge in [0.2, 0.25) is 0 Å². The predicted molar refractivity (Wildman–Crippen MR) is 109 cm³/mol. The minimum atomic E-state index is -0.555. The number of benzene rings is 1. The molecule has 2 heterocycles. The minimum absolute atomic E-state index is 0.00962. The van der Waals surface area contributed by atoms with Crippen LogP contribution in [0.1, 0.15) is 64.4 Å². The quantitative estimate of drug-likeness (QED) is 0.705. The van der Waals surface area contributed by atoms with Crippen LogP contribution in [0.5, 0.6) is 0 Å². The first kappa shape index (κ1) is 19.7. The van der Waals surface area contributed by atoms with Crippen LogP contribution in [0.2, 0.25) is 5.02 Å². The SMILES string of the molecule is Cc1c(C2CCN2C(=O)OC(C)(C)C)n(C(C)C)c2cc(Cl)ccc2c1=O. The van der Waals surface area contributed by atoms with Crippen molar-refractivity contribution in [3.8, 4) is 0 Å². The van der Waals surface area contributed by atoms with Crippen LogP contribution in [0.3, 0.4) is 0 Å². The average molecular weight is 391 g/mol. The number of rotatable bonds is 2. The van der Waals surface area contributed by atoms with Gasteiger partial charge in [-0.05, 0) is 66.2 Å². The summed E-state index contributed by atoms with van der Waals surface area (Å²) in [4.78, 5) is 27.3. The van der Waals surface area contributed by atoms with Crippen molar-refractivity contribution in [3.05, 3.63) is 44.7 Å². The maximum Gasteiger partial charge on any atom is 0.410 e. The molecule has 1 aromatic carbocycles. The number of hydrogen-bond donors (Lipinski definition) is 0. The molecule has 1 saturated heterocycles. The Kier molecular flexibility index (Phi) is 5.02. The Bertz CT molecular complexity index is 957. The number of likely N-dealkylation sites (tertiary alicyclic amines) is 1. The second-order valence-electron chi connectivity index (χ2n) is 8.44. The summed E-state index contributed by atoms with van der Waals surface area (Å²) in [6, 6.07) is 5.30. The standard InChI is InChI=1S/C21H27ClN2O3/c1-12(2)24-17-11-14(22)7-8-15(17)19(25)13(3)18(24)16-9-10-23(16)20(26)27-21(4,5)6/h7-8,11-12,16H,9-10H2,1-6H3. The Morgan fingerprint density at radius 1 is 1.30 bits per heavy atom. The molecule has 0 N–H and O–H groups in total. The van der Waals surface area contributed by atoms with E-state index in [9.17, 15) is 9.59 Å². The van der Waals surface area contributed by atoms with E-state index in [1.54, 1.807) is 17.0 Å². The van der Waals surface area contributed by atoms with Gasteiger partial charge in [0.15, 0.2) is 5.43 Å². The molecule has 0 aliphatic carbocycles. The van der Waals surface area contributed by atoms with Crippen LogP contribution in [0.15, 0.2) is 23.0 Å². The molecule has 1 aliphatic heterocycles. The Hall–Kier alpha value is -2.01. The Morgan fingerprint density at radius 2 is 1.96 bits per heavy atom. The molecule has 1 aliphatic rings. The van der Waals surface area contributed by atoms with Crippen LogP contribution in [0, 0.1) is 6.92 Å². The largest absolute Gasteiger partial charge is 0.444 e. The van der Waals surface area contributed by atoms with Gasteiger partial charge in [0, 0.05) is 34.3 Å². The zero-order chi connectivity index (χ0) is 20.1. The number of pyridine rings is 1. The maximum absolute atomic E-state index is 13.0. The summed E-state index contributed by atoms with van der Waals surface area (Å²) >= 11 is 6.22. The van der Waals surface area contributed by atoms with Gasteiger partial charge in [-0.1, -0.05) is 11.6 Å². The summed E-state index contributed by atoms with van der Waals surface area (Å²) in [7, 11) is 0. The number of nitrogens with zero attached hydrogens (tertiary/aromatic N) is 2. The molecular formula is C21H27ClN2O3. The van der Waals surface area contributed by atoms with Crippen molar-refractivity contribution < 1.29 is 9.53 Å². The summed E-state index contributed by atoms with van der Waals surface area (Å²) < 4.78 is 7.69. The van der Waals surface area contributed by atoms with Crippen molar-refractivity contribution in [2.24, 2.45) is 0 Å². The summed E-state index contributed by atoms with van der Waals surface area (Å²) in [5, 5.41) is 1.24. The third kappa shape index (κ3) is 3.57. The number of amides is 1. The van der Waals surface area contributed by atoms with E-state index in [1.165, 1.54) is 0 Å². The van der Waals surface area contributed by atoms with Gasteiger partial charge in [-0.25, -0.2) is 4.79 Å². The minimum Gasteiger partial charge on any atom is -0.444 e. The first-order valence-electron chi connectivity index (χ1n) is 9.35.